The Morgan fingerprint density at radius 3 is 2.26 bits per heavy atom. The van der Waals surface area contributed by atoms with Crippen molar-refractivity contribution in [1.29, 1.82) is 0 Å². The zero-order valence-electron chi connectivity index (χ0n) is 12.9. The molecule has 0 aromatic heterocycles. The number of hydrogen-bond donors (Lipinski definition) is 0. The summed E-state index contributed by atoms with van der Waals surface area (Å²) in [7, 11) is -5.70. The summed E-state index contributed by atoms with van der Waals surface area (Å²) in [5.74, 6) is -0.241. The third-order valence-corrected chi connectivity index (χ3v) is 4.47. The van der Waals surface area contributed by atoms with E-state index in [1.54, 1.807) is 20.8 Å². The fraction of sp³-hybridized carbons (Fsp3) is 0.769. The lowest BCUT2D eigenvalue weighted by Gasteiger charge is -2.33. The summed E-state index contributed by atoms with van der Waals surface area (Å²) in [6, 6.07) is 0. The molecule has 0 unspecified atom stereocenters. The van der Waals surface area contributed by atoms with Crippen molar-refractivity contribution in [3.63, 3.8) is 0 Å². The van der Waals surface area contributed by atoms with Crippen molar-refractivity contribution in [2.24, 2.45) is 5.41 Å². The molecule has 23 heavy (non-hydrogen) atoms. The van der Waals surface area contributed by atoms with Crippen LogP contribution in [0, 0.1) is 5.41 Å². The van der Waals surface area contributed by atoms with Gasteiger partial charge in [-0.1, -0.05) is 0 Å². The first-order chi connectivity index (χ1) is 10.3. The molecule has 2 aliphatic rings. The Kier molecular flexibility index (Phi) is 4.11. The van der Waals surface area contributed by atoms with E-state index in [9.17, 15) is 26.4 Å². The van der Waals surface area contributed by atoms with Crippen LogP contribution >= 0.6 is 0 Å². The van der Waals surface area contributed by atoms with E-state index >= 15 is 0 Å². The number of carbonyl (C=O) groups is 1. The van der Waals surface area contributed by atoms with E-state index in [1.165, 1.54) is 11.0 Å². The van der Waals surface area contributed by atoms with Gasteiger partial charge in [-0.2, -0.15) is 21.6 Å². The number of halogens is 3. The third-order valence-electron chi connectivity index (χ3n) is 3.50. The zero-order chi connectivity index (χ0) is 17.7. The summed E-state index contributed by atoms with van der Waals surface area (Å²) < 4.78 is 69.1. The monoisotopic (exact) mass is 357 g/mol. The van der Waals surface area contributed by atoms with Crippen molar-refractivity contribution in [3.05, 3.63) is 11.8 Å². The highest BCUT2D eigenvalue weighted by Gasteiger charge is 2.56. The quantitative estimate of drug-likeness (QED) is 0.561. The van der Waals surface area contributed by atoms with E-state index in [-0.39, 0.29) is 18.8 Å². The van der Waals surface area contributed by atoms with Crippen molar-refractivity contribution in [1.82, 2.24) is 4.90 Å². The molecule has 2 rings (SSSR count). The first kappa shape index (κ1) is 17.9. The molecule has 0 saturated heterocycles. The maximum absolute atomic E-state index is 12.4. The number of nitrogens with zero attached hydrogens (tertiary/aromatic N) is 1. The Morgan fingerprint density at radius 2 is 1.83 bits per heavy atom. The molecule has 1 fully saturated rings. The van der Waals surface area contributed by atoms with Gasteiger partial charge in [0.25, 0.3) is 0 Å². The minimum atomic E-state index is -5.70. The van der Waals surface area contributed by atoms with Gasteiger partial charge in [-0.3, -0.25) is 0 Å². The van der Waals surface area contributed by atoms with Crippen molar-refractivity contribution >= 4 is 16.2 Å². The van der Waals surface area contributed by atoms with Crippen LogP contribution in [-0.4, -0.2) is 43.6 Å². The molecule has 0 aromatic carbocycles. The number of hydrogen-bond acceptors (Lipinski definition) is 5. The molecule has 1 aliphatic heterocycles. The second kappa shape index (κ2) is 5.29. The second-order valence-corrected chi connectivity index (χ2v) is 8.23. The molecule has 1 heterocycles. The molecule has 0 bridgehead atoms. The third kappa shape index (κ3) is 3.91. The van der Waals surface area contributed by atoms with Crippen LogP contribution in [0.3, 0.4) is 0 Å². The Morgan fingerprint density at radius 1 is 1.26 bits per heavy atom. The van der Waals surface area contributed by atoms with Crippen LogP contribution in [-0.2, 0) is 19.0 Å². The highest BCUT2D eigenvalue weighted by Crippen LogP contribution is 2.55. The predicted octanol–water partition coefficient (Wildman–Crippen LogP) is 2.77. The van der Waals surface area contributed by atoms with Crippen LogP contribution in [0.25, 0.3) is 0 Å². The number of carbonyl (C=O) groups excluding carboxylic acids is 1. The average molecular weight is 357 g/mol. The molecule has 0 aromatic rings. The number of ether oxygens (including phenoxy) is 1. The van der Waals surface area contributed by atoms with Crippen LogP contribution < -0.4 is 0 Å². The van der Waals surface area contributed by atoms with E-state index in [2.05, 4.69) is 4.18 Å². The number of alkyl halides is 3. The lowest BCUT2D eigenvalue weighted by Crippen LogP contribution is -2.44. The standard InChI is InChI=1S/C13H18F3NO5S/c1-11(2,3)21-10(18)17-7-4-9(12(8-17)5-6-12)22-23(19,20)13(14,15)16/h4H,5-8H2,1-3H3. The molecule has 1 aliphatic carbocycles. The van der Waals surface area contributed by atoms with Crippen molar-refractivity contribution in [2.75, 3.05) is 13.1 Å². The molecule has 0 radical (unpaired) electrons. The SMILES string of the molecule is CC(C)(C)OC(=O)N1CC=C(OS(=O)(=O)C(F)(F)F)C2(CC2)C1. The first-order valence-electron chi connectivity index (χ1n) is 6.95. The fourth-order valence-electron chi connectivity index (χ4n) is 2.23. The van der Waals surface area contributed by atoms with Crippen LogP contribution in [0.5, 0.6) is 0 Å². The Bertz CT molecular complexity index is 629. The van der Waals surface area contributed by atoms with Crippen LogP contribution in [0.2, 0.25) is 0 Å². The summed E-state index contributed by atoms with van der Waals surface area (Å²) in [5, 5.41) is 0. The zero-order valence-corrected chi connectivity index (χ0v) is 13.8. The van der Waals surface area contributed by atoms with Gasteiger partial charge in [0.1, 0.15) is 11.4 Å². The molecule has 1 spiro atoms. The van der Waals surface area contributed by atoms with Gasteiger partial charge in [0.2, 0.25) is 0 Å². The molecule has 6 nitrogen and oxygen atoms in total. The molecule has 10 heteroatoms. The minimum absolute atomic E-state index is 0.0701. The predicted molar refractivity (Wildman–Crippen MR) is 73.6 cm³/mol. The summed E-state index contributed by atoms with van der Waals surface area (Å²) >= 11 is 0. The Labute approximate surface area is 132 Å². The van der Waals surface area contributed by atoms with E-state index in [1.807, 2.05) is 0 Å². The van der Waals surface area contributed by atoms with Crippen LogP contribution in [0.15, 0.2) is 11.8 Å². The summed E-state index contributed by atoms with van der Waals surface area (Å²) in [5.41, 5.74) is -7.05. The minimum Gasteiger partial charge on any atom is -0.444 e. The van der Waals surface area contributed by atoms with E-state index in [4.69, 9.17) is 4.74 Å². The van der Waals surface area contributed by atoms with Gasteiger partial charge in [0, 0.05) is 18.5 Å². The maximum atomic E-state index is 12.4. The van der Waals surface area contributed by atoms with Crippen LogP contribution in [0.1, 0.15) is 33.6 Å². The first-order valence-corrected chi connectivity index (χ1v) is 8.36. The van der Waals surface area contributed by atoms with Crippen molar-refractivity contribution < 1.29 is 35.3 Å². The van der Waals surface area contributed by atoms with Crippen molar-refractivity contribution in [2.45, 2.75) is 44.7 Å². The average Bonchev–Trinajstić information content (AvgIpc) is 3.08. The lowest BCUT2D eigenvalue weighted by molar-refractivity contribution is -0.0532. The molecule has 1 saturated carbocycles. The summed E-state index contributed by atoms with van der Waals surface area (Å²) in [6.45, 7) is 5.09. The molecule has 0 atom stereocenters. The fourth-order valence-corrected chi connectivity index (χ4v) is 2.80. The van der Waals surface area contributed by atoms with Gasteiger partial charge in [-0.15, -0.1) is 0 Å². The number of rotatable bonds is 2. The van der Waals surface area contributed by atoms with E-state index < -0.39 is 32.7 Å². The molecular weight excluding hydrogens is 339 g/mol. The molecule has 0 N–H and O–H groups in total. The van der Waals surface area contributed by atoms with E-state index in [0.29, 0.717) is 12.8 Å². The highest BCUT2D eigenvalue weighted by atomic mass is 32.2. The lowest BCUT2D eigenvalue weighted by atomic mass is 10.0. The summed E-state index contributed by atoms with van der Waals surface area (Å²) in [6.07, 6.45) is 1.50. The van der Waals surface area contributed by atoms with Gasteiger partial charge in [-0.25, -0.2) is 4.79 Å². The van der Waals surface area contributed by atoms with Crippen molar-refractivity contribution in [3.8, 4) is 0 Å². The van der Waals surface area contributed by atoms with Gasteiger partial charge >= 0.3 is 21.7 Å². The largest absolute Gasteiger partial charge is 0.534 e. The topological polar surface area (TPSA) is 72.9 Å². The molecular formula is C13H18F3NO5S. The molecule has 132 valence electrons. The van der Waals surface area contributed by atoms with E-state index in [0.717, 1.165) is 0 Å². The normalized spacial score (nSPS) is 21.0. The number of amides is 1. The Hall–Kier alpha value is -1.45. The maximum Gasteiger partial charge on any atom is 0.534 e. The smallest absolute Gasteiger partial charge is 0.444 e. The second-order valence-electron chi connectivity index (χ2n) is 6.69. The van der Waals surface area contributed by atoms with Gasteiger partial charge in [0.15, 0.2) is 0 Å². The van der Waals surface area contributed by atoms with Gasteiger partial charge < -0.3 is 13.8 Å². The molecule has 1 amide bonds. The van der Waals surface area contributed by atoms with Gasteiger partial charge in [-0.05, 0) is 39.7 Å². The summed E-state index contributed by atoms with van der Waals surface area (Å²) in [4.78, 5) is 13.3. The van der Waals surface area contributed by atoms with Crippen LogP contribution in [0.4, 0.5) is 18.0 Å². The highest BCUT2D eigenvalue weighted by molar-refractivity contribution is 7.87. The van der Waals surface area contributed by atoms with Gasteiger partial charge in [0.05, 0.1) is 0 Å². The Balaban J connectivity index is 2.13.